The molecule has 1 fully saturated rings. The van der Waals surface area contributed by atoms with Crippen molar-refractivity contribution in [1.82, 2.24) is 4.90 Å². The Kier molecular flexibility index (Phi) is 5.82. The Balaban J connectivity index is 0.00000162. The summed E-state index contributed by atoms with van der Waals surface area (Å²) in [6.07, 6.45) is 4.01. The Hall–Kier alpha value is -0.383. The number of benzene rings is 1. The second kappa shape index (κ2) is 6.69. The third kappa shape index (κ3) is 4.71. The van der Waals surface area contributed by atoms with Crippen LogP contribution in [0.5, 0.6) is 0 Å². The molecule has 1 aromatic carbocycles. The molecule has 0 bridgehead atoms. The van der Waals surface area contributed by atoms with Gasteiger partial charge in [0.2, 0.25) is 0 Å². The lowest BCUT2D eigenvalue weighted by Gasteiger charge is -2.28. The van der Waals surface area contributed by atoms with Crippen molar-refractivity contribution in [1.29, 1.82) is 0 Å². The summed E-state index contributed by atoms with van der Waals surface area (Å²) in [5.74, 6) is -0.132. The van der Waals surface area contributed by atoms with Crippen LogP contribution in [0.25, 0.3) is 0 Å². The van der Waals surface area contributed by atoms with Crippen LogP contribution in [-0.2, 0) is 6.04 Å². The molecule has 18 heavy (non-hydrogen) atoms. The van der Waals surface area contributed by atoms with Gasteiger partial charge < -0.3 is 4.90 Å². The molecule has 1 aliphatic heterocycles. The topological polar surface area (TPSA) is 3.24 Å². The summed E-state index contributed by atoms with van der Waals surface area (Å²) in [6.45, 7) is 7.43. The first kappa shape index (κ1) is 15.7. The smallest absolute Gasteiger partial charge is 0.123 e. The molecule has 1 aromatic rings. The van der Waals surface area contributed by atoms with Crippen LogP contribution in [0.15, 0.2) is 24.3 Å². The van der Waals surface area contributed by atoms with Crippen molar-refractivity contribution >= 4 is 20.5 Å². The molecule has 0 saturated carbocycles. The van der Waals surface area contributed by atoms with Crippen molar-refractivity contribution in [2.24, 2.45) is 0 Å². The molecule has 1 saturated heterocycles. The van der Waals surface area contributed by atoms with Gasteiger partial charge >= 0.3 is 0 Å². The molecule has 4 heteroatoms. The molecule has 0 unspecified atom stereocenters. The third-order valence-electron chi connectivity index (χ3n) is 3.45. The van der Waals surface area contributed by atoms with Gasteiger partial charge in [0, 0.05) is 0 Å². The van der Waals surface area contributed by atoms with Crippen LogP contribution in [0.1, 0.15) is 18.4 Å². The second-order valence-electron chi connectivity index (χ2n) is 5.95. The monoisotopic (exact) mass is 287 g/mol. The summed E-state index contributed by atoms with van der Waals surface area (Å²) in [7, 11) is -1.22. The van der Waals surface area contributed by atoms with Gasteiger partial charge in [-0.25, -0.2) is 4.39 Å². The van der Waals surface area contributed by atoms with Crippen LogP contribution in [0.3, 0.4) is 0 Å². The summed E-state index contributed by atoms with van der Waals surface area (Å²) < 4.78 is 12.9. The maximum absolute atomic E-state index is 12.9. The minimum Gasteiger partial charge on any atom is -0.306 e. The molecule has 0 amide bonds. The average molecular weight is 288 g/mol. The van der Waals surface area contributed by atoms with Gasteiger partial charge in [0.05, 0.1) is 8.07 Å². The van der Waals surface area contributed by atoms with Gasteiger partial charge in [-0.2, -0.15) is 0 Å². The van der Waals surface area contributed by atoms with Gasteiger partial charge in [0.15, 0.2) is 0 Å². The first-order valence-corrected chi connectivity index (χ1v) is 9.93. The Morgan fingerprint density at radius 1 is 1.11 bits per heavy atom. The fourth-order valence-corrected chi connectivity index (χ4v) is 5.74. The zero-order valence-electron chi connectivity index (χ0n) is 11.3. The van der Waals surface area contributed by atoms with E-state index in [-0.39, 0.29) is 18.2 Å². The fourth-order valence-electron chi connectivity index (χ4n) is 2.76. The average Bonchev–Trinajstić information content (AvgIpc) is 2.73. The lowest BCUT2D eigenvalue weighted by Crippen LogP contribution is -2.43. The van der Waals surface area contributed by atoms with E-state index in [9.17, 15) is 4.39 Å². The zero-order chi connectivity index (χ0) is 12.3. The number of likely N-dealkylation sites (tertiary alicyclic amines) is 1. The fraction of sp³-hybridized carbons (Fsp3) is 0.571. The maximum Gasteiger partial charge on any atom is 0.123 e. The molecule has 1 aliphatic rings. The van der Waals surface area contributed by atoms with E-state index in [1.807, 2.05) is 12.1 Å². The van der Waals surface area contributed by atoms with E-state index < -0.39 is 8.07 Å². The zero-order valence-corrected chi connectivity index (χ0v) is 13.1. The van der Waals surface area contributed by atoms with Crippen LogP contribution >= 0.6 is 12.4 Å². The predicted molar refractivity (Wildman–Crippen MR) is 80.5 cm³/mol. The molecular weight excluding hydrogens is 265 g/mol. The number of nitrogens with zero attached hydrogens (tertiary/aromatic N) is 1. The van der Waals surface area contributed by atoms with Gasteiger partial charge in [0.25, 0.3) is 0 Å². The third-order valence-corrected chi connectivity index (χ3v) is 6.11. The van der Waals surface area contributed by atoms with E-state index in [0.29, 0.717) is 0 Å². The largest absolute Gasteiger partial charge is 0.306 e. The number of halogens is 2. The maximum atomic E-state index is 12.9. The second-order valence-corrected chi connectivity index (χ2v) is 10.9. The van der Waals surface area contributed by atoms with Crippen molar-refractivity contribution in [3.63, 3.8) is 0 Å². The molecule has 1 heterocycles. The summed E-state index contributed by atoms with van der Waals surface area (Å²) >= 11 is 0. The predicted octanol–water partition coefficient (Wildman–Crippen LogP) is 3.67. The number of hydrogen-bond donors (Lipinski definition) is 0. The normalized spacial score (nSPS) is 16.6. The van der Waals surface area contributed by atoms with Crippen LogP contribution in [-0.4, -0.2) is 32.2 Å². The van der Waals surface area contributed by atoms with E-state index in [4.69, 9.17) is 0 Å². The molecule has 0 aromatic heterocycles. The van der Waals surface area contributed by atoms with E-state index in [0.717, 1.165) is 6.04 Å². The lowest BCUT2D eigenvalue weighted by atomic mass is 10.2. The molecule has 0 N–H and O–H groups in total. The molecule has 1 nitrogen and oxygen atoms in total. The number of hydrogen-bond acceptors (Lipinski definition) is 1. The molecule has 0 aliphatic carbocycles. The Bertz CT molecular complexity index is 361. The molecule has 0 atom stereocenters. The first-order valence-electron chi connectivity index (χ1n) is 6.52. The molecular formula is C14H23ClFNSi. The van der Waals surface area contributed by atoms with Gasteiger partial charge in [-0.05, 0) is 50.3 Å². The molecule has 102 valence electrons. The highest BCUT2D eigenvalue weighted by Crippen LogP contribution is 2.17. The highest BCUT2D eigenvalue weighted by molar-refractivity contribution is 6.77. The van der Waals surface area contributed by atoms with Crippen molar-refractivity contribution in [2.75, 3.05) is 19.3 Å². The molecule has 2 rings (SSSR count). The summed E-state index contributed by atoms with van der Waals surface area (Å²) in [5.41, 5.74) is 1.29. The quantitative estimate of drug-likeness (QED) is 0.764. The van der Waals surface area contributed by atoms with Crippen LogP contribution in [0, 0.1) is 5.82 Å². The summed E-state index contributed by atoms with van der Waals surface area (Å²) in [4.78, 5) is 2.61. The minimum absolute atomic E-state index is 0. The van der Waals surface area contributed by atoms with Crippen molar-refractivity contribution in [2.45, 2.75) is 32.0 Å². The van der Waals surface area contributed by atoms with Gasteiger partial charge in [0.1, 0.15) is 5.82 Å². The highest BCUT2D eigenvalue weighted by Gasteiger charge is 2.25. The van der Waals surface area contributed by atoms with Gasteiger partial charge in [-0.1, -0.05) is 30.8 Å². The lowest BCUT2D eigenvalue weighted by molar-refractivity contribution is 0.388. The van der Waals surface area contributed by atoms with Crippen LogP contribution < -0.4 is 0 Å². The van der Waals surface area contributed by atoms with E-state index >= 15 is 0 Å². The van der Waals surface area contributed by atoms with Gasteiger partial charge in [-0.3, -0.25) is 0 Å². The molecule has 0 radical (unpaired) electrons. The van der Waals surface area contributed by atoms with Crippen molar-refractivity contribution in [3.05, 3.63) is 35.6 Å². The SMILES string of the molecule is C[Si](C)(Cc1ccc(F)cc1)CN1CCCC1.Cl. The molecule has 0 spiro atoms. The Morgan fingerprint density at radius 2 is 1.67 bits per heavy atom. The van der Waals surface area contributed by atoms with E-state index in [1.54, 1.807) is 12.1 Å². The first-order chi connectivity index (χ1) is 8.05. The number of rotatable bonds is 4. The Labute approximate surface area is 117 Å². The minimum atomic E-state index is -1.22. The Morgan fingerprint density at radius 3 is 2.22 bits per heavy atom. The van der Waals surface area contributed by atoms with E-state index in [1.165, 1.54) is 37.7 Å². The van der Waals surface area contributed by atoms with Crippen molar-refractivity contribution in [3.8, 4) is 0 Å². The summed E-state index contributed by atoms with van der Waals surface area (Å²) in [5, 5.41) is 0. The van der Waals surface area contributed by atoms with Gasteiger partial charge in [-0.15, -0.1) is 12.4 Å². The van der Waals surface area contributed by atoms with Crippen molar-refractivity contribution < 1.29 is 4.39 Å². The van der Waals surface area contributed by atoms with Crippen LogP contribution in [0.2, 0.25) is 13.1 Å². The summed E-state index contributed by atoms with van der Waals surface area (Å²) in [6, 6.07) is 8.19. The van der Waals surface area contributed by atoms with Crippen LogP contribution in [0.4, 0.5) is 4.39 Å². The standard InChI is InChI=1S/C14H22FNSi.ClH/c1-17(2,12-16-9-3-4-10-16)11-13-5-7-14(15)8-6-13;/h5-8H,3-4,9-12H2,1-2H3;1H. The van der Waals surface area contributed by atoms with E-state index in [2.05, 4.69) is 18.0 Å². The highest BCUT2D eigenvalue weighted by atomic mass is 35.5.